The third-order valence-corrected chi connectivity index (χ3v) is 3.52. The summed E-state index contributed by atoms with van der Waals surface area (Å²) < 4.78 is 82.1. The Morgan fingerprint density at radius 2 is 1.48 bits per heavy atom. The van der Waals surface area contributed by atoms with Gasteiger partial charge in [-0.2, -0.15) is 26.3 Å². The van der Waals surface area contributed by atoms with E-state index in [1.807, 2.05) is 5.43 Å². The van der Waals surface area contributed by atoms with Gasteiger partial charge in [0.25, 0.3) is 11.8 Å². The number of halogens is 6. The van der Waals surface area contributed by atoms with E-state index in [4.69, 9.17) is 4.74 Å². The molecule has 0 fully saturated rings. The molecule has 0 bridgehead atoms. The van der Waals surface area contributed by atoms with E-state index in [-0.39, 0.29) is 18.2 Å². The molecule has 0 unspecified atom stereocenters. The second kappa shape index (κ2) is 8.41. The first-order valence-electron chi connectivity index (χ1n) is 7.94. The van der Waals surface area contributed by atoms with Crippen LogP contribution in [0.25, 0.3) is 0 Å². The van der Waals surface area contributed by atoms with Crippen molar-refractivity contribution in [3.05, 3.63) is 64.7 Å². The summed E-state index contributed by atoms with van der Waals surface area (Å²) in [5, 5.41) is 0. The first-order valence-corrected chi connectivity index (χ1v) is 7.94. The molecule has 29 heavy (non-hydrogen) atoms. The molecule has 11 heteroatoms. The smallest absolute Gasteiger partial charge is 0.416 e. The molecule has 0 spiro atoms. The van der Waals surface area contributed by atoms with E-state index in [1.165, 1.54) is 0 Å². The van der Waals surface area contributed by atoms with E-state index < -0.39 is 47.5 Å². The number of rotatable bonds is 4. The highest BCUT2D eigenvalue weighted by atomic mass is 19.4. The van der Waals surface area contributed by atoms with Crippen molar-refractivity contribution < 1.29 is 40.7 Å². The van der Waals surface area contributed by atoms with Gasteiger partial charge in [-0.05, 0) is 42.8 Å². The lowest BCUT2D eigenvalue weighted by Gasteiger charge is -2.14. The molecule has 5 nitrogen and oxygen atoms in total. The summed E-state index contributed by atoms with van der Waals surface area (Å²) in [5.74, 6) is -1.87. The zero-order valence-corrected chi connectivity index (χ0v) is 14.7. The summed E-state index contributed by atoms with van der Waals surface area (Å²) in [6.07, 6.45) is -10.2. The van der Waals surface area contributed by atoms with E-state index >= 15 is 0 Å². The molecule has 2 amide bonds. The maximum Gasteiger partial charge on any atom is 0.416 e. The van der Waals surface area contributed by atoms with Crippen molar-refractivity contribution in [2.75, 3.05) is 6.61 Å². The zero-order chi connectivity index (χ0) is 21.8. The number of benzene rings is 2. The largest absolute Gasteiger partial charge is 0.484 e. The summed E-state index contributed by atoms with van der Waals surface area (Å²) in [5.41, 5.74) is 0.252. The summed E-state index contributed by atoms with van der Waals surface area (Å²) in [7, 11) is 0. The molecule has 0 saturated carbocycles. The average molecular weight is 420 g/mol. The van der Waals surface area contributed by atoms with Crippen LogP contribution in [-0.2, 0) is 17.1 Å². The Kier molecular flexibility index (Phi) is 6.40. The summed E-state index contributed by atoms with van der Waals surface area (Å²) in [6.45, 7) is 1.25. The fourth-order valence-corrected chi connectivity index (χ4v) is 2.17. The van der Waals surface area contributed by atoms with Crippen molar-refractivity contribution >= 4 is 11.8 Å². The Bertz CT molecular complexity index is 877. The van der Waals surface area contributed by atoms with Crippen LogP contribution in [0.1, 0.15) is 27.0 Å². The SMILES string of the molecule is Cc1cccc(OCC(=O)NNC(=O)c2cc(C(F)(F)F)cc(C(F)(F)F)c2)c1. The van der Waals surface area contributed by atoms with Crippen LogP contribution in [0, 0.1) is 6.92 Å². The maximum atomic E-state index is 12.8. The minimum Gasteiger partial charge on any atom is -0.484 e. The number of aryl methyl sites for hydroxylation is 1. The van der Waals surface area contributed by atoms with Gasteiger partial charge in [0.05, 0.1) is 11.1 Å². The predicted octanol–water partition coefficient (Wildman–Crippen LogP) is 3.87. The van der Waals surface area contributed by atoms with Crippen LogP contribution in [0.4, 0.5) is 26.3 Å². The summed E-state index contributed by atoms with van der Waals surface area (Å²) >= 11 is 0. The number of carbonyl (C=O) groups excluding carboxylic acids is 2. The number of alkyl halides is 6. The Morgan fingerprint density at radius 3 is 2.00 bits per heavy atom. The molecule has 2 rings (SSSR count). The molecule has 0 saturated heterocycles. The van der Waals surface area contributed by atoms with E-state index in [9.17, 15) is 35.9 Å². The summed E-state index contributed by atoms with van der Waals surface area (Å²) in [4.78, 5) is 23.6. The molecule has 0 aliphatic heterocycles. The molecule has 0 aliphatic rings. The number of hydrogen-bond donors (Lipinski definition) is 2. The fourth-order valence-electron chi connectivity index (χ4n) is 2.17. The normalized spacial score (nSPS) is 11.7. The quantitative estimate of drug-likeness (QED) is 0.583. The lowest BCUT2D eigenvalue weighted by atomic mass is 10.0. The fraction of sp³-hybridized carbons (Fsp3) is 0.222. The van der Waals surface area contributed by atoms with Crippen LogP contribution in [0.3, 0.4) is 0 Å². The Balaban J connectivity index is 2.05. The van der Waals surface area contributed by atoms with Crippen LogP contribution in [-0.4, -0.2) is 18.4 Å². The van der Waals surface area contributed by atoms with Gasteiger partial charge in [-0.15, -0.1) is 0 Å². The standard InChI is InChI=1S/C18H14F6N2O3/c1-10-3-2-4-14(5-10)29-9-15(27)25-26-16(28)11-6-12(17(19,20)21)8-13(7-11)18(22,23)24/h2-8H,9H2,1H3,(H,25,27)(H,26,28). The summed E-state index contributed by atoms with van der Waals surface area (Å²) in [6, 6.07) is 7.06. The van der Waals surface area contributed by atoms with Crippen LogP contribution >= 0.6 is 0 Å². The number of hydrazine groups is 1. The third kappa shape index (κ3) is 6.40. The third-order valence-electron chi connectivity index (χ3n) is 3.52. The van der Waals surface area contributed by atoms with Crippen molar-refractivity contribution in [2.24, 2.45) is 0 Å². The lowest BCUT2D eigenvalue weighted by Crippen LogP contribution is -2.44. The van der Waals surface area contributed by atoms with Crippen LogP contribution in [0.2, 0.25) is 0 Å². The van der Waals surface area contributed by atoms with Gasteiger partial charge in [0.2, 0.25) is 0 Å². The topological polar surface area (TPSA) is 67.4 Å². The molecule has 2 aromatic carbocycles. The number of ether oxygens (including phenoxy) is 1. The van der Waals surface area contributed by atoms with Crippen molar-refractivity contribution in [1.29, 1.82) is 0 Å². The molecule has 0 heterocycles. The zero-order valence-electron chi connectivity index (χ0n) is 14.7. The maximum absolute atomic E-state index is 12.8. The molecule has 0 aromatic heterocycles. The van der Waals surface area contributed by atoms with Crippen LogP contribution < -0.4 is 15.6 Å². The van der Waals surface area contributed by atoms with E-state index in [2.05, 4.69) is 0 Å². The minimum absolute atomic E-state index is 0.106. The molecule has 0 atom stereocenters. The van der Waals surface area contributed by atoms with Gasteiger partial charge in [0.1, 0.15) is 5.75 Å². The Labute approximate surface area is 160 Å². The Hall–Kier alpha value is -3.24. The highest BCUT2D eigenvalue weighted by molar-refractivity contribution is 5.95. The number of hydrogen-bond acceptors (Lipinski definition) is 3. The number of amides is 2. The first-order chi connectivity index (χ1) is 13.4. The van der Waals surface area contributed by atoms with Gasteiger partial charge in [-0.1, -0.05) is 12.1 Å². The minimum atomic E-state index is -5.10. The highest BCUT2D eigenvalue weighted by Gasteiger charge is 2.37. The second-order valence-electron chi connectivity index (χ2n) is 5.90. The average Bonchev–Trinajstić information content (AvgIpc) is 2.62. The molecule has 0 aliphatic carbocycles. The van der Waals surface area contributed by atoms with Crippen LogP contribution in [0.5, 0.6) is 5.75 Å². The number of carbonyl (C=O) groups is 2. The molecule has 156 valence electrons. The predicted molar refractivity (Wildman–Crippen MR) is 88.7 cm³/mol. The van der Waals surface area contributed by atoms with E-state index in [0.29, 0.717) is 5.75 Å². The van der Waals surface area contributed by atoms with Gasteiger partial charge >= 0.3 is 12.4 Å². The number of nitrogens with one attached hydrogen (secondary N) is 2. The van der Waals surface area contributed by atoms with Crippen molar-refractivity contribution in [3.8, 4) is 5.75 Å². The van der Waals surface area contributed by atoms with Crippen molar-refractivity contribution in [2.45, 2.75) is 19.3 Å². The van der Waals surface area contributed by atoms with Gasteiger partial charge in [0, 0.05) is 5.56 Å². The lowest BCUT2D eigenvalue weighted by molar-refractivity contribution is -0.143. The molecular formula is C18H14F6N2O3. The van der Waals surface area contributed by atoms with Gasteiger partial charge in [-0.3, -0.25) is 20.4 Å². The van der Waals surface area contributed by atoms with Gasteiger partial charge in [0.15, 0.2) is 6.61 Å². The Morgan fingerprint density at radius 1 is 0.897 bits per heavy atom. The van der Waals surface area contributed by atoms with E-state index in [1.54, 1.807) is 36.6 Å². The van der Waals surface area contributed by atoms with E-state index in [0.717, 1.165) is 5.56 Å². The van der Waals surface area contributed by atoms with Crippen molar-refractivity contribution in [1.82, 2.24) is 10.9 Å². The van der Waals surface area contributed by atoms with Crippen LogP contribution in [0.15, 0.2) is 42.5 Å². The molecular weight excluding hydrogens is 406 g/mol. The van der Waals surface area contributed by atoms with Gasteiger partial charge < -0.3 is 4.74 Å². The molecule has 2 N–H and O–H groups in total. The second-order valence-corrected chi connectivity index (χ2v) is 5.90. The molecule has 2 aromatic rings. The highest BCUT2D eigenvalue weighted by Crippen LogP contribution is 2.36. The molecule has 0 radical (unpaired) electrons. The monoisotopic (exact) mass is 420 g/mol. The van der Waals surface area contributed by atoms with Crippen molar-refractivity contribution in [3.63, 3.8) is 0 Å². The first kappa shape index (κ1) is 22.1. The van der Waals surface area contributed by atoms with Gasteiger partial charge in [-0.25, -0.2) is 0 Å².